The Hall–Kier alpha value is -1.61. The number of likely N-dealkylation sites (tertiary alicyclic amines) is 1. The Kier molecular flexibility index (Phi) is 4.63. The van der Waals surface area contributed by atoms with E-state index >= 15 is 0 Å². The molecule has 1 aliphatic rings. The highest BCUT2D eigenvalue weighted by Crippen LogP contribution is 2.26. The smallest absolute Gasteiger partial charge is 0.226 e. The normalized spacial score (nSPS) is 19.5. The van der Waals surface area contributed by atoms with Crippen LogP contribution in [-0.2, 0) is 6.54 Å². The molecule has 3 nitrogen and oxygen atoms in total. The molecule has 0 radical (unpaired) electrons. The van der Waals surface area contributed by atoms with Crippen molar-refractivity contribution in [3.8, 4) is 11.5 Å². The largest absolute Gasteiger partial charge is 0.441 e. The van der Waals surface area contributed by atoms with E-state index in [4.69, 9.17) is 9.40 Å². The molecule has 1 aromatic carbocycles. The lowest BCUT2D eigenvalue weighted by Crippen LogP contribution is -2.38. The molecule has 2 heterocycles. The van der Waals surface area contributed by atoms with Crippen molar-refractivity contribution < 1.29 is 4.42 Å². The van der Waals surface area contributed by atoms with E-state index in [0.717, 1.165) is 29.5 Å². The number of benzene rings is 1. The van der Waals surface area contributed by atoms with E-state index in [2.05, 4.69) is 43.0 Å². The molecule has 1 fully saturated rings. The number of hydrogen-bond acceptors (Lipinski definition) is 3. The van der Waals surface area contributed by atoms with E-state index < -0.39 is 0 Å². The lowest BCUT2D eigenvalue weighted by Gasteiger charge is -2.34. The number of nitrogens with zero attached hydrogens (tertiary/aromatic N) is 2. The Labute approximate surface area is 133 Å². The molecule has 1 unspecified atom stereocenters. The number of oxazole rings is 1. The quantitative estimate of drug-likeness (QED) is 0.817. The van der Waals surface area contributed by atoms with E-state index in [1.165, 1.54) is 37.8 Å². The van der Waals surface area contributed by atoms with Crippen LogP contribution in [0.2, 0.25) is 0 Å². The van der Waals surface area contributed by atoms with Gasteiger partial charge in [0.05, 0.1) is 5.69 Å². The molecule has 3 heteroatoms. The highest BCUT2D eigenvalue weighted by Gasteiger charge is 2.23. The summed E-state index contributed by atoms with van der Waals surface area (Å²) < 4.78 is 5.91. The van der Waals surface area contributed by atoms with Gasteiger partial charge in [-0.3, -0.25) is 4.90 Å². The van der Waals surface area contributed by atoms with Gasteiger partial charge in [0, 0.05) is 18.2 Å². The molecule has 0 spiro atoms. The Morgan fingerprint density at radius 2 is 1.95 bits per heavy atom. The standard InChI is InChI=1S/C19H26N2O/c1-4-17-7-5-6-12-21(17)13-18-15(3)22-19(20-18)16-10-8-14(2)9-11-16/h8-11,17H,4-7,12-13H2,1-3H3. The zero-order valence-electron chi connectivity index (χ0n) is 13.9. The minimum atomic E-state index is 0.702. The monoisotopic (exact) mass is 298 g/mol. The molecule has 1 atom stereocenters. The van der Waals surface area contributed by atoms with Crippen molar-refractivity contribution in [1.82, 2.24) is 9.88 Å². The zero-order valence-corrected chi connectivity index (χ0v) is 13.9. The summed E-state index contributed by atoms with van der Waals surface area (Å²) in [4.78, 5) is 7.34. The Balaban J connectivity index is 1.78. The molecule has 22 heavy (non-hydrogen) atoms. The maximum Gasteiger partial charge on any atom is 0.226 e. The first-order valence-electron chi connectivity index (χ1n) is 8.44. The molecule has 0 aliphatic carbocycles. The fourth-order valence-corrected chi connectivity index (χ4v) is 3.32. The van der Waals surface area contributed by atoms with E-state index in [1.54, 1.807) is 0 Å². The van der Waals surface area contributed by atoms with Gasteiger partial charge in [-0.1, -0.05) is 31.0 Å². The van der Waals surface area contributed by atoms with Crippen molar-refractivity contribution in [1.29, 1.82) is 0 Å². The van der Waals surface area contributed by atoms with Crippen molar-refractivity contribution in [3.63, 3.8) is 0 Å². The summed E-state index contributed by atoms with van der Waals surface area (Å²) in [5.74, 6) is 1.70. The molecular weight excluding hydrogens is 272 g/mol. The van der Waals surface area contributed by atoms with Crippen LogP contribution in [0.3, 0.4) is 0 Å². The van der Waals surface area contributed by atoms with Gasteiger partial charge in [0.25, 0.3) is 0 Å². The second-order valence-corrected chi connectivity index (χ2v) is 6.42. The van der Waals surface area contributed by atoms with Crippen LogP contribution in [0.25, 0.3) is 11.5 Å². The molecule has 0 saturated carbocycles. The number of aromatic nitrogens is 1. The molecule has 1 saturated heterocycles. The fraction of sp³-hybridized carbons (Fsp3) is 0.526. The van der Waals surface area contributed by atoms with Gasteiger partial charge in [-0.25, -0.2) is 4.98 Å². The number of piperidine rings is 1. The van der Waals surface area contributed by atoms with Crippen LogP contribution < -0.4 is 0 Å². The van der Waals surface area contributed by atoms with Crippen molar-refractivity contribution in [2.45, 2.75) is 59.0 Å². The summed E-state index contributed by atoms with van der Waals surface area (Å²) in [5, 5.41) is 0. The van der Waals surface area contributed by atoms with Gasteiger partial charge in [0.1, 0.15) is 5.76 Å². The van der Waals surface area contributed by atoms with Crippen LogP contribution >= 0.6 is 0 Å². The summed E-state index contributed by atoms with van der Waals surface area (Å²) >= 11 is 0. The third kappa shape index (κ3) is 3.25. The van der Waals surface area contributed by atoms with Crippen LogP contribution in [0.4, 0.5) is 0 Å². The highest BCUT2D eigenvalue weighted by molar-refractivity contribution is 5.54. The van der Waals surface area contributed by atoms with Gasteiger partial charge in [0.2, 0.25) is 5.89 Å². The third-order valence-electron chi connectivity index (χ3n) is 4.76. The number of aryl methyl sites for hydroxylation is 2. The minimum absolute atomic E-state index is 0.702. The number of hydrogen-bond donors (Lipinski definition) is 0. The first-order valence-corrected chi connectivity index (χ1v) is 8.44. The molecule has 0 bridgehead atoms. The van der Waals surface area contributed by atoms with Gasteiger partial charge in [-0.15, -0.1) is 0 Å². The second kappa shape index (κ2) is 6.66. The number of rotatable bonds is 4. The molecular formula is C19H26N2O. The Bertz CT molecular complexity index is 615. The van der Waals surface area contributed by atoms with Gasteiger partial charge in [0.15, 0.2) is 0 Å². The van der Waals surface area contributed by atoms with Crippen molar-refractivity contribution in [3.05, 3.63) is 41.3 Å². The third-order valence-corrected chi connectivity index (χ3v) is 4.76. The molecule has 118 valence electrons. The average molecular weight is 298 g/mol. The first-order chi connectivity index (χ1) is 10.7. The molecule has 0 amide bonds. The summed E-state index contributed by atoms with van der Waals surface area (Å²) in [6.07, 6.45) is 5.21. The lowest BCUT2D eigenvalue weighted by atomic mass is 10.00. The molecule has 1 aliphatic heterocycles. The van der Waals surface area contributed by atoms with Crippen molar-refractivity contribution >= 4 is 0 Å². The molecule has 1 aromatic heterocycles. The van der Waals surface area contributed by atoms with E-state index in [1.807, 2.05) is 6.92 Å². The van der Waals surface area contributed by atoms with Gasteiger partial charge in [-0.2, -0.15) is 0 Å². The van der Waals surface area contributed by atoms with Crippen molar-refractivity contribution in [2.75, 3.05) is 6.54 Å². The SMILES string of the molecule is CCC1CCCCN1Cc1nc(-c2ccc(C)cc2)oc1C. The first kappa shape index (κ1) is 15.3. The fourth-order valence-electron chi connectivity index (χ4n) is 3.32. The molecule has 0 N–H and O–H groups in total. The summed E-state index contributed by atoms with van der Waals surface area (Å²) in [6, 6.07) is 9.08. The Morgan fingerprint density at radius 1 is 1.18 bits per heavy atom. The summed E-state index contributed by atoms with van der Waals surface area (Å²) in [5.41, 5.74) is 3.41. The van der Waals surface area contributed by atoms with E-state index in [0.29, 0.717) is 6.04 Å². The van der Waals surface area contributed by atoms with Crippen LogP contribution in [0, 0.1) is 13.8 Å². The zero-order chi connectivity index (χ0) is 15.5. The lowest BCUT2D eigenvalue weighted by molar-refractivity contribution is 0.134. The Morgan fingerprint density at radius 3 is 2.68 bits per heavy atom. The second-order valence-electron chi connectivity index (χ2n) is 6.42. The molecule has 3 rings (SSSR count). The van der Waals surface area contributed by atoms with Gasteiger partial charge < -0.3 is 4.42 Å². The van der Waals surface area contributed by atoms with Crippen LogP contribution in [0.1, 0.15) is 49.6 Å². The van der Waals surface area contributed by atoms with E-state index in [-0.39, 0.29) is 0 Å². The average Bonchev–Trinajstić information content (AvgIpc) is 2.89. The van der Waals surface area contributed by atoms with Crippen LogP contribution in [0.5, 0.6) is 0 Å². The van der Waals surface area contributed by atoms with Crippen molar-refractivity contribution in [2.24, 2.45) is 0 Å². The highest BCUT2D eigenvalue weighted by atomic mass is 16.4. The maximum absolute atomic E-state index is 5.91. The topological polar surface area (TPSA) is 29.3 Å². The maximum atomic E-state index is 5.91. The summed E-state index contributed by atoms with van der Waals surface area (Å²) in [6.45, 7) is 8.52. The van der Waals surface area contributed by atoms with Gasteiger partial charge in [-0.05, 0) is 51.8 Å². The predicted molar refractivity (Wildman–Crippen MR) is 89.8 cm³/mol. The van der Waals surface area contributed by atoms with Crippen LogP contribution in [0.15, 0.2) is 28.7 Å². The predicted octanol–water partition coefficient (Wildman–Crippen LogP) is 4.72. The van der Waals surface area contributed by atoms with E-state index in [9.17, 15) is 0 Å². The summed E-state index contributed by atoms with van der Waals surface area (Å²) in [7, 11) is 0. The van der Waals surface area contributed by atoms with Gasteiger partial charge >= 0.3 is 0 Å². The minimum Gasteiger partial charge on any atom is -0.441 e. The van der Waals surface area contributed by atoms with Crippen LogP contribution in [-0.4, -0.2) is 22.5 Å². The molecule has 2 aromatic rings.